The summed E-state index contributed by atoms with van der Waals surface area (Å²) in [6, 6.07) is 8.83. The van der Waals surface area contributed by atoms with Crippen LogP contribution >= 0.6 is 0 Å². The van der Waals surface area contributed by atoms with E-state index in [1.165, 1.54) is 0 Å². The molecule has 1 heterocycles. The molecule has 0 saturated carbocycles. The average Bonchev–Trinajstić information content (AvgIpc) is 2.66. The molecular weight excluding hydrogens is 378 g/mol. The van der Waals surface area contributed by atoms with E-state index in [1.54, 1.807) is 6.07 Å². The summed E-state index contributed by atoms with van der Waals surface area (Å²) in [6.07, 6.45) is 0.114. The summed E-state index contributed by atoms with van der Waals surface area (Å²) in [7, 11) is 0. The third-order valence-corrected chi connectivity index (χ3v) is 4.34. The SMILES string of the molecule is CC(C)(C)c1ccc2c(c1)O[C@@H](C(=O)N/N=C/c1cc([O-])ccc1[N+](=O)[O-])CO2. The lowest BCUT2D eigenvalue weighted by Gasteiger charge is -2.27. The first kappa shape index (κ1) is 20.1. The number of carbonyl (C=O) groups excluding carboxylic acids is 1. The fourth-order valence-corrected chi connectivity index (χ4v) is 2.71. The molecular formula is C20H20N3O6-. The number of hydrogen-bond donors (Lipinski definition) is 1. The standard InChI is InChI=1S/C20H21N3O6/c1-20(2,3)13-4-7-16-17(9-13)29-18(11-28-16)19(25)22-21-10-12-8-14(24)5-6-15(12)23(26)27/h4-10,18,24H,11H2,1-3H3,(H,22,25)/p-1/b21-10+/t18-/m1/s1. The summed E-state index contributed by atoms with van der Waals surface area (Å²) in [4.78, 5) is 22.7. The molecule has 29 heavy (non-hydrogen) atoms. The van der Waals surface area contributed by atoms with E-state index in [0.717, 1.165) is 30.0 Å². The smallest absolute Gasteiger partial charge is 0.284 e. The number of nitro benzene ring substituents is 1. The van der Waals surface area contributed by atoms with Gasteiger partial charge in [0.25, 0.3) is 11.6 Å². The Morgan fingerprint density at radius 1 is 1.24 bits per heavy atom. The third-order valence-electron chi connectivity index (χ3n) is 4.34. The minimum absolute atomic E-state index is 0.000585. The van der Waals surface area contributed by atoms with Crippen molar-refractivity contribution in [1.29, 1.82) is 0 Å². The number of hydrazone groups is 1. The molecule has 1 N–H and O–H groups in total. The van der Waals surface area contributed by atoms with Crippen LogP contribution in [0.1, 0.15) is 31.9 Å². The summed E-state index contributed by atoms with van der Waals surface area (Å²) in [5, 5.41) is 26.1. The maximum atomic E-state index is 12.3. The van der Waals surface area contributed by atoms with Gasteiger partial charge in [-0.05, 0) is 23.1 Å². The second-order valence-electron chi connectivity index (χ2n) is 7.54. The van der Waals surface area contributed by atoms with E-state index in [9.17, 15) is 20.0 Å². The number of carbonyl (C=O) groups is 1. The molecule has 2 aromatic rings. The third kappa shape index (κ3) is 4.63. The Bertz CT molecular complexity index is 981. The van der Waals surface area contributed by atoms with Crippen molar-refractivity contribution in [3.05, 3.63) is 57.6 Å². The van der Waals surface area contributed by atoms with Crippen molar-refractivity contribution in [2.45, 2.75) is 32.3 Å². The number of amides is 1. The van der Waals surface area contributed by atoms with E-state index in [1.807, 2.05) is 12.1 Å². The largest absolute Gasteiger partial charge is 0.872 e. The van der Waals surface area contributed by atoms with Crippen molar-refractivity contribution < 1.29 is 24.3 Å². The summed E-state index contributed by atoms with van der Waals surface area (Å²) < 4.78 is 11.3. The van der Waals surface area contributed by atoms with Crippen LogP contribution in [0.2, 0.25) is 0 Å². The zero-order valence-electron chi connectivity index (χ0n) is 16.2. The van der Waals surface area contributed by atoms with E-state index in [4.69, 9.17) is 9.47 Å². The van der Waals surface area contributed by atoms with Gasteiger partial charge in [-0.2, -0.15) is 5.10 Å². The second-order valence-corrected chi connectivity index (χ2v) is 7.54. The fourth-order valence-electron chi connectivity index (χ4n) is 2.71. The molecule has 0 unspecified atom stereocenters. The lowest BCUT2D eigenvalue weighted by molar-refractivity contribution is -0.385. The monoisotopic (exact) mass is 398 g/mol. The number of hydrogen-bond acceptors (Lipinski definition) is 7. The molecule has 0 bridgehead atoms. The number of nitrogens with one attached hydrogen (secondary N) is 1. The Morgan fingerprint density at radius 2 is 2.00 bits per heavy atom. The Kier molecular flexibility index (Phi) is 5.40. The lowest BCUT2D eigenvalue weighted by atomic mass is 9.87. The number of nitrogens with zero attached hydrogens (tertiary/aromatic N) is 2. The van der Waals surface area contributed by atoms with Gasteiger partial charge in [0.1, 0.15) is 6.61 Å². The summed E-state index contributed by atoms with van der Waals surface area (Å²) >= 11 is 0. The van der Waals surface area contributed by atoms with Gasteiger partial charge >= 0.3 is 0 Å². The normalized spacial score (nSPS) is 15.9. The van der Waals surface area contributed by atoms with Crippen LogP contribution in [0.5, 0.6) is 17.2 Å². The molecule has 1 atom stereocenters. The molecule has 2 aromatic carbocycles. The van der Waals surface area contributed by atoms with Crippen molar-refractivity contribution in [2.75, 3.05) is 6.61 Å². The van der Waals surface area contributed by atoms with Gasteiger partial charge in [-0.25, -0.2) is 5.43 Å². The van der Waals surface area contributed by atoms with Crippen LogP contribution in [0.4, 0.5) is 5.69 Å². The van der Waals surface area contributed by atoms with Crippen LogP contribution in [-0.4, -0.2) is 29.8 Å². The molecule has 152 valence electrons. The number of ether oxygens (including phenoxy) is 2. The zero-order valence-corrected chi connectivity index (χ0v) is 16.2. The van der Waals surface area contributed by atoms with Crippen LogP contribution in [0, 0.1) is 10.1 Å². The Balaban J connectivity index is 1.69. The van der Waals surface area contributed by atoms with Crippen LogP contribution in [0.3, 0.4) is 0 Å². The highest BCUT2D eigenvalue weighted by atomic mass is 16.6. The number of rotatable bonds is 4. The fraction of sp³-hybridized carbons (Fsp3) is 0.300. The average molecular weight is 398 g/mol. The minimum Gasteiger partial charge on any atom is -0.872 e. The highest BCUT2D eigenvalue weighted by Crippen LogP contribution is 2.36. The lowest BCUT2D eigenvalue weighted by Crippen LogP contribution is -2.42. The summed E-state index contributed by atoms with van der Waals surface area (Å²) in [6.45, 7) is 6.19. The molecule has 0 aliphatic carbocycles. The highest BCUT2D eigenvalue weighted by Gasteiger charge is 2.28. The maximum absolute atomic E-state index is 12.3. The van der Waals surface area contributed by atoms with Crippen LogP contribution < -0.4 is 20.0 Å². The molecule has 1 aliphatic rings. The van der Waals surface area contributed by atoms with Gasteiger partial charge < -0.3 is 14.6 Å². The quantitative estimate of drug-likeness (QED) is 0.478. The minimum atomic E-state index is -0.935. The zero-order chi connectivity index (χ0) is 21.2. The van der Waals surface area contributed by atoms with Gasteiger partial charge in [0.15, 0.2) is 11.5 Å². The predicted octanol–water partition coefficient (Wildman–Crippen LogP) is 2.26. The number of nitro groups is 1. The van der Waals surface area contributed by atoms with Gasteiger partial charge in [0, 0.05) is 6.07 Å². The first-order chi connectivity index (χ1) is 13.6. The molecule has 1 aliphatic heterocycles. The molecule has 1 amide bonds. The van der Waals surface area contributed by atoms with Crippen molar-refractivity contribution in [2.24, 2.45) is 5.10 Å². The van der Waals surface area contributed by atoms with E-state index in [0.29, 0.717) is 11.5 Å². The first-order valence-corrected chi connectivity index (χ1v) is 8.87. The van der Waals surface area contributed by atoms with Crippen molar-refractivity contribution in [3.8, 4) is 17.2 Å². The van der Waals surface area contributed by atoms with Crippen LogP contribution in [0.15, 0.2) is 41.5 Å². The Morgan fingerprint density at radius 3 is 2.69 bits per heavy atom. The van der Waals surface area contributed by atoms with Crippen LogP contribution in [0.25, 0.3) is 0 Å². The van der Waals surface area contributed by atoms with E-state index in [2.05, 4.69) is 31.3 Å². The second kappa shape index (κ2) is 7.78. The first-order valence-electron chi connectivity index (χ1n) is 8.87. The summed E-state index contributed by atoms with van der Waals surface area (Å²) in [5.41, 5.74) is 2.90. The van der Waals surface area contributed by atoms with E-state index in [-0.39, 0.29) is 23.3 Å². The molecule has 0 spiro atoms. The number of fused-ring (bicyclic) bond motifs is 1. The van der Waals surface area contributed by atoms with Gasteiger partial charge in [0.05, 0.1) is 16.7 Å². The Hall–Kier alpha value is -3.62. The van der Waals surface area contributed by atoms with Crippen molar-refractivity contribution in [1.82, 2.24) is 5.43 Å². The number of benzene rings is 2. The predicted molar refractivity (Wildman–Crippen MR) is 103 cm³/mol. The van der Waals surface area contributed by atoms with E-state index >= 15 is 0 Å². The molecule has 0 saturated heterocycles. The summed E-state index contributed by atoms with van der Waals surface area (Å²) in [5.74, 6) is 0.0311. The van der Waals surface area contributed by atoms with Gasteiger partial charge in [-0.15, -0.1) is 5.75 Å². The van der Waals surface area contributed by atoms with Crippen LogP contribution in [-0.2, 0) is 10.2 Å². The van der Waals surface area contributed by atoms with Gasteiger partial charge in [-0.1, -0.05) is 39.0 Å². The molecule has 9 heteroatoms. The molecule has 0 radical (unpaired) electrons. The molecule has 0 aromatic heterocycles. The maximum Gasteiger partial charge on any atom is 0.284 e. The Labute approximate surface area is 167 Å². The molecule has 3 rings (SSSR count). The van der Waals surface area contributed by atoms with Gasteiger partial charge in [-0.3, -0.25) is 14.9 Å². The van der Waals surface area contributed by atoms with Gasteiger partial charge in [0.2, 0.25) is 6.10 Å². The molecule has 9 nitrogen and oxygen atoms in total. The van der Waals surface area contributed by atoms with E-state index < -0.39 is 22.7 Å². The van der Waals surface area contributed by atoms with Crippen molar-refractivity contribution >= 4 is 17.8 Å². The molecule has 0 fully saturated rings. The van der Waals surface area contributed by atoms with Crippen molar-refractivity contribution in [3.63, 3.8) is 0 Å². The highest BCUT2D eigenvalue weighted by molar-refractivity contribution is 5.88. The topological polar surface area (TPSA) is 126 Å².